The summed E-state index contributed by atoms with van der Waals surface area (Å²) in [5.74, 6) is 2.09. The first kappa shape index (κ1) is 20.3. The molecule has 0 radical (unpaired) electrons. The van der Waals surface area contributed by atoms with Crippen LogP contribution in [0.5, 0.6) is 0 Å². The average molecular weight is 328 g/mol. The highest BCUT2D eigenvalue weighted by atomic mass is 15.0. The molecular weight excluding hydrogens is 294 g/mol. The van der Waals surface area contributed by atoms with E-state index in [1.54, 1.807) is 0 Å². The minimum atomic E-state index is 0.0927. The number of rotatable bonds is 3. The molecule has 1 aromatic rings. The van der Waals surface area contributed by atoms with Gasteiger partial charge in [0.1, 0.15) is 0 Å². The summed E-state index contributed by atoms with van der Waals surface area (Å²) in [4.78, 5) is 13.7. The molecule has 3 nitrogen and oxygen atoms in total. The Kier molecular flexibility index (Phi) is 6.26. The van der Waals surface area contributed by atoms with Crippen molar-refractivity contribution in [2.24, 2.45) is 16.2 Å². The van der Waals surface area contributed by atoms with Crippen LogP contribution in [0.1, 0.15) is 79.8 Å². The monoisotopic (exact) mass is 327 g/mol. The smallest absolute Gasteiger partial charge is 0.156 e. The van der Waals surface area contributed by atoms with Gasteiger partial charge in [0.25, 0.3) is 0 Å². The molecule has 0 aliphatic heterocycles. The van der Waals surface area contributed by atoms with Crippen LogP contribution in [-0.2, 0) is 0 Å². The molecule has 0 bridgehead atoms. The van der Waals surface area contributed by atoms with Gasteiger partial charge in [-0.2, -0.15) is 0 Å². The van der Waals surface area contributed by atoms with Crippen LogP contribution in [0.4, 0.5) is 0 Å². The van der Waals surface area contributed by atoms with Crippen molar-refractivity contribution in [3.05, 3.63) is 35.7 Å². The first-order chi connectivity index (χ1) is 10.7. The number of hydrogen-bond donors (Lipinski definition) is 0. The van der Waals surface area contributed by atoms with Gasteiger partial charge in [-0.05, 0) is 34.5 Å². The Morgan fingerprint density at radius 2 is 0.667 bits per heavy atom. The molecule has 0 aliphatic carbocycles. The van der Waals surface area contributed by atoms with Crippen LogP contribution >= 0.6 is 0 Å². The predicted octanol–water partition coefficient (Wildman–Crippen LogP) is 6.05. The molecule has 0 unspecified atom stereocenters. The third-order valence-electron chi connectivity index (χ3n) is 2.88. The van der Waals surface area contributed by atoms with Crippen molar-refractivity contribution in [1.82, 2.24) is 15.0 Å². The molecule has 1 rings (SSSR count). The fraction of sp³-hybridized carbons (Fsp3) is 0.571. The summed E-state index contributed by atoms with van der Waals surface area (Å²) in [5, 5.41) is 0. The van der Waals surface area contributed by atoms with E-state index in [0.29, 0.717) is 17.5 Å². The lowest BCUT2D eigenvalue weighted by Gasteiger charge is -2.12. The Bertz CT molecular complexity index is 528. The highest BCUT2D eigenvalue weighted by Crippen LogP contribution is 2.19. The summed E-state index contributed by atoms with van der Waals surface area (Å²) in [6.07, 6.45) is 12.3. The van der Waals surface area contributed by atoms with Gasteiger partial charge in [0.05, 0.1) is 0 Å². The fourth-order valence-electron chi connectivity index (χ4n) is 1.62. The molecule has 0 N–H and O–H groups in total. The number of nitrogens with zero attached hydrogens (tertiary/aromatic N) is 3. The van der Waals surface area contributed by atoms with E-state index in [2.05, 4.69) is 95.5 Å². The zero-order valence-electron chi connectivity index (χ0n) is 16.8. The molecule has 24 heavy (non-hydrogen) atoms. The normalized spacial score (nSPS) is 14.4. The second kappa shape index (κ2) is 7.42. The van der Waals surface area contributed by atoms with Gasteiger partial charge in [0, 0.05) is 0 Å². The Labute approximate surface area is 148 Å². The third-order valence-corrected chi connectivity index (χ3v) is 2.88. The zero-order valence-corrected chi connectivity index (χ0v) is 16.8. The summed E-state index contributed by atoms with van der Waals surface area (Å²) in [6, 6.07) is 0. The predicted molar refractivity (Wildman–Crippen MR) is 105 cm³/mol. The number of aromatic nitrogens is 3. The molecule has 0 aliphatic rings. The van der Waals surface area contributed by atoms with E-state index in [9.17, 15) is 0 Å². The summed E-state index contributed by atoms with van der Waals surface area (Å²) in [6.45, 7) is 19.4. The maximum Gasteiger partial charge on any atom is 0.156 e. The maximum atomic E-state index is 4.55. The van der Waals surface area contributed by atoms with E-state index in [1.807, 2.05) is 18.2 Å². The summed E-state index contributed by atoms with van der Waals surface area (Å²) in [7, 11) is 0. The second-order valence-corrected chi connectivity index (χ2v) is 9.51. The molecule has 0 saturated carbocycles. The zero-order chi connectivity index (χ0) is 18.6. The van der Waals surface area contributed by atoms with Crippen LogP contribution in [0.15, 0.2) is 18.2 Å². The molecule has 1 aromatic heterocycles. The van der Waals surface area contributed by atoms with Gasteiger partial charge in [-0.15, -0.1) is 0 Å². The van der Waals surface area contributed by atoms with E-state index in [4.69, 9.17) is 0 Å². The molecule has 132 valence electrons. The first-order valence-electron chi connectivity index (χ1n) is 8.57. The van der Waals surface area contributed by atoms with Crippen LogP contribution in [0.25, 0.3) is 18.2 Å². The summed E-state index contributed by atoms with van der Waals surface area (Å²) in [5.41, 5.74) is 0.278. The van der Waals surface area contributed by atoms with Gasteiger partial charge in [0.2, 0.25) is 0 Å². The lowest BCUT2D eigenvalue weighted by molar-refractivity contribution is 0.546. The Hall–Kier alpha value is -1.77. The third kappa shape index (κ3) is 9.39. The van der Waals surface area contributed by atoms with Crippen LogP contribution in [0.3, 0.4) is 0 Å². The molecule has 0 amide bonds. The molecule has 1 heterocycles. The summed E-state index contributed by atoms with van der Waals surface area (Å²) >= 11 is 0. The second-order valence-electron chi connectivity index (χ2n) is 9.51. The van der Waals surface area contributed by atoms with Crippen molar-refractivity contribution in [2.75, 3.05) is 0 Å². The summed E-state index contributed by atoms with van der Waals surface area (Å²) < 4.78 is 0. The van der Waals surface area contributed by atoms with Crippen LogP contribution in [0, 0.1) is 16.2 Å². The maximum absolute atomic E-state index is 4.55. The highest BCUT2D eigenvalue weighted by Gasteiger charge is 2.09. The lowest BCUT2D eigenvalue weighted by Crippen LogP contribution is -2.04. The Morgan fingerprint density at radius 1 is 0.458 bits per heavy atom. The van der Waals surface area contributed by atoms with Gasteiger partial charge in [-0.1, -0.05) is 80.5 Å². The van der Waals surface area contributed by atoms with Crippen LogP contribution in [0.2, 0.25) is 0 Å². The van der Waals surface area contributed by atoms with Gasteiger partial charge in [-0.25, -0.2) is 15.0 Å². The van der Waals surface area contributed by atoms with E-state index in [1.165, 1.54) is 0 Å². The molecular formula is C21H33N3. The minimum Gasteiger partial charge on any atom is -0.209 e. The molecule has 0 fully saturated rings. The Balaban J connectivity index is 3.26. The fourth-order valence-corrected chi connectivity index (χ4v) is 1.62. The van der Waals surface area contributed by atoms with Gasteiger partial charge >= 0.3 is 0 Å². The van der Waals surface area contributed by atoms with Crippen molar-refractivity contribution in [3.8, 4) is 0 Å². The van der Waals surface area contributed by atoms with E-state index >= 15 is 0 Å². The standard InChI is InChI=1S/C21H33N3/c1-19(2,3)13-10-16-22-17(11-14-20(4,5)6)24-18(23-16)12-15-21(7,8)9/h10-15H,1-9H3. The molecule has 0 spiro atoms. The molecule has 0 atom stereocenters. The van der Waals surface area contributed by atoms with Crippen molar-refractivity contribution in [2.45, 2.75) is 62.3 Å². The van der Waals surface area contributed by atoms with Crippen molar-refractivity contribution in [3.63, 3.8) is 0 Å². The van der Waals surface area contributed by atoms with E-state index in [0.717, 1.165) is 0 Å². The van der Waals surface area contributed by atoms with Gasteiger partial charge in [-0.3, -0.25) is 0 Å². The van der Waals surface area contributed by atoms with Gasteiger partial charge in [0.15, 0.2) is 17.5 Å². The van der Waals surface area contributed by atoms with Crippen molar-refractivity contribution in [1.29, 1.82) is 0 Å². The average Bonchev–Trinajstić information content (AvgIpc) is 2.38. The Morgan fingerprint density at radius 3 is 0.833 bits per heavy atom. The first-order valence-corrected chi connectivity index (χ1v) is 8.57. The van der Waals surface area contributed by atoms with Gasteiger partial charge < -0.3 is 0 Å². The largest absolute Gasteiger partial charge is 0.209 e. The van der Waals surface area contributed by atoms with Crippen molar-refractivity contribution >= 4 is 18.2 Å². The molecule has 0 aromatic carbocycles. The van der Waals surface area contributed by atoms with Crippen LogP contribution in [-0.4, -0.2) is 15.0 Å². The number of allylic oxidation sites excluding steroid dienone is 3. The number of hydrogen-bond acceptors (Lipinski definition) is 3. The quantitative estimate of drug-likeness (QED) is 0.678. The van der Waals surface area contributed by atoms with E-state index in [-0.39, 0.29) is 16.2 Å². The van der Waals surface area contributed by atoms with E-state index < -0.39 is 0 Å². The minimum absolute atomic E-state index is 0.0927. The topological polar surface area (TPSA) is 38.7 Å². The SMILES string of the molecule is CC(C)(C)C=Cc1nc(C=CC(C)(C)C)nc(C=CC(C)(C)C)n1. The van der Waals surface area contributed by atoms with Crippen molar-refractivity contribution < 1.29 is 0 Å². The molecule has 3 heteroatoms. The highest BCUT2D eigenvalue weighted by molar-refractivity contribution is 5.50. The molecule has 0 saturated heterocycles. The lowest BCUT2D eigenvalue weighted by atomic mass is 9.96. The van der Waals surface area contributed by atoms with Crippen LogP contribution < -0.4 is 0 Å².